The summed E-state index contributed by atoms with van der Waals surface area (Å²) in [5.74, 6) is 0.779. The summed E-state index contributed by atoms with van der Waals surface area (Å²) in [4.78, 5) is 23.8. The second-order valence-electron chi connectivity index (χ2n) is 4.30. The number of carbonyl (C=O) groups is 1. The SMILES string of the molecule is CC(=O)c1ccc(CNC(C)c2ncccn2)nc1.Cl. The minimum Gasteiger partial charge on any atom is -0.302 e. The van der Waals surface area contributed by atoms with Crippen LogP contribution in [0, 0.1) is 0 Å². The van der Waals surface area contributed by atoms with Crippen molar-refractivity contribution < 1.29 is 4.79 Å². The maximum atomic E-state index is 11.1. The average molecular weight is 293 g/mol. The lowest BCUT2D eigenvalue weighted by Gasteiger charge is -2.11. The van der Waals surface area contributed by atoms with Gasteiger partial charge in [0.2, 0.25) is 0 Å². The fourth-order valence-corrected chi connectivity index (χ4v) is 1.62. The number of hydrogen-bond acceptors (Lipinski definition) is 5. The molecule has 106 valence electrons. The van der Waals surface area contributed by atoms with Crippen LogP contribution in [0.15, 0.2) is 36.8 Å². The van der Waals surface area contributed by atoms with Gasteiger partial charge >= 0.3 is 0 Å². The Balaban J connectivity index is 0.00000200. The first kappa shape index (κ1) is 16.2. The third kappa shape index (κ3) is 4.36. The van der Waals surface area contributed by atoms with Crippen molar-refractivity contribution in [1.29, 1.82) is 0 Å². The van der Waals surface area contributed by atoms with Crippen LogP contribution in [0.4, 0.5) is 0 Å². The molecule has 0 bridgehead atoms. The molecule has 2 rings (SSSR count). The van der Waals surface area contributed by atoms with Gasteiger partial charge in [0.15, 0.2) is 5.78 Å². The first-order valence-electron chi connectivity index (χ1n) is 6.13. The highest BCUT2D eigenvalue weighted by Gasteiger charge is 2.07. The fraction of sp³-hybridized carbons (Fsp3) is 0.286. The lowest BCUT2D eigenvalue weighted by Crippen LogP contribution is -2.20. The van der Waals surface area contributed by atoms with E-state index in [0.717, 1.165) is 11.5 Å². The van der Waals surface area contributed by atoms with Crippen molar-refractivity contribution >= 4 is 18.2 Å². The van der Waals surface area contributed by atoms with Gasteiger partial charge in [0, 0.05) is 30.7 Å². The molecule has 0 spiro atoms. The zero-order valence-corrected chi connectivity index (χ0v) is 12.2. The Morgan fingerprint density at radius 2 is 1.95 bits per heavy atom. The average Bonchev–Trinajstić information content (AvgIpc) is 2.46. The number of hydrogen-bond donors (Lipinski definition) is 1. The molecule has 0 aliphatic rings. The first-order chi connectivity index (χ1) is 9.16. The van der Waals surface area contributed by atoms with E-state index in [2.05, 4.69) is 20.3 Å². The molecular formula is C14H17ClN4O. The monoisotopic (exact) mass is 292 g/mol. The van der Waals surface area contributed by atoms with Crippen molar-refractivity contribution in [3.8, 4) is 0 Å². The van der Waals surface area contributed by atoms with Gasteiger partial charge in [0.25, 0.3) is 0 Å². The van der Waals surface area contributed by atoms with Crippen LogP contribution in [-0.4, -0.2) is 20.7 Å². The molecule has 0 saturated carbocycles. The third-order valence-corrected chi connectivity index (χ3v) is 2.79. The van der Waals surface area contributed by atoms with E-state index in [0.29, 0.717) is 12.1 Å². The van der Waals surface area contributed by atoms with Crippen LogP contribution in [0.25, 0.3) is 0 Å². The topological polar surface area (TPSA) is 67.8 Å². The standard InChI is InChI=1S/C14H16N4O.ClH/c1-10(14-15-6-3-7-16-14)17-9-13-5-4-12(8-18-13)11(2)19;/h3-8,10,17H,9H2,1-2H3;1H. The van der Waals surface area contributed by atoms with Gasteiger partial charge in [-0.25, -0.2) is 9.97 Å². The maximum Gasteiger partial charge on any atom is 0.161 e. The second kappa shape index (κ2) is 7.67. The lowest BCUT2D eigenvalue weighted by molar-refractivity contribution is 0.101. The highest BCUT2D eigenvalue weighted by molar-refractivity contribution is 5.93. The Bertz CT molecular complexity index is 545. The van der Waals surface area contributed by atoms with Crippen molar-refractivity contribution in [3.05, 3.63) is 53.9 Å². The van der Waals surface area contributed by atoms with Crippen LogP contribution in [-0.2, 0) is 6.54 Å². The molecule has 1 unspecified atom stereocenters. The zero-order valence-electron chi connectivity index (χ0n) is 11.4. The van der Waals surface area contributed by atoms with Crippen molar-refractivity contribution in [2.75, 3.05) is 0 Å². The number of halogens is 1. The summed E-state index contributed by atoms with van der Waals surface area (Å²) in [5.41, 5.74) is 1.51. The van der Waals surface area contributed by atoms with Crippen molar-refractivity contribution in [3.63, 3.8) is 0 Å². The predicted molar refractivity (Wildman–Crippen MR) is 78.8 cm³/mol. The molecule has 0 radical (unpaired) electrons. The van der Waals surface area contributed by atoms with E-state index in [9.17, 15) is 4.79 Å². The van der Waals surface area contributed by atoms with Crippen LogP contribution >= 0.6 is 12.4 Å². The highest BCUT2D eigenvalue weighted by Crippen LogP contribution is 2.07. The van der Waals surface area contributed by atoms with Crippen LogP contribution in [0.3, 0.4) is 0 Å². The molecule has 1 N–H and O–H groups in total. The Morgan fingerprint density at radius 3 is 2.50 bits per heavy atom. The first-order valence-corrected chi connectivity index (χ1v) is 6.13. The number of rotatable bonds is 5. The van der Waals surface area contributed by atoms with Gasteiger partial charge in [-0.2, -0.15) is 0 Å². The largest absolute Gasteiger partial charge is 0.302 e. The lowest BCUT2D eigenvalue weighted by atomic mass is 10.2. The van der Waals surface area contributed by atoms with E-state index in [-0.39, 0.29) is 24.2 Å². The van der Waals surface area contributed by atoms with Gasteiger partial charge < -0.3 is 5.32 Å². The van der Waals surface area contributed by atoms with Gasteiger partial charge in [-0.3, -0.25) is 9.78 Å². The van der Waals surface area contributed by atoms with E-state index in [1.807, 2.05) is 13.0 Å². The van der Waals surface area contributed by atoms with Crippen molar-refractivity contribution in [2.45, 2.75) is 26.4 Å². The molecule has 6 heteroatoms. The van der Waals surface area contributed by atoms with E-state index in [4.69, 9.17) is 0 Å². The molecule has 0 amide bonds. The smallest absolute Gasteiger partial charge is 0.161 e. The summed E-state index contributed by atoms with van der Waals surface area (Å²) in [6.45, 7) is 4.14. The van der Waals surface area contributed by atoms with Crippen molar-refractivity contribution in [2.24, 2.45) is 0 Å². The van der Waals surface area contributed by atoms with Gasteiger partial charge in [0.1, 0.15) is 5.82 Å². The molecule has 2 aromatic heterocycles. The van der Waals surface area contributed by atoms with Crippen LogP contribution in [0.2, 0.25) is 0 Å². The molecule has 2 heterocycles. The van der Waals surface area contributed by atoms with Crippen LogP contribution in [0.1, 0.15) is 41.8 Å². The summed E-state index contributed by atoms with van der Waals surface area (Å²) in [5, 5.41) is 3.29. The Labute approximate surface area is 124 Å². The molecule has 2 aromatic rings. The van der Waals surface area contributed by atoms with Crippen LogP contribution < -0.4 is 5.32 Å². The van der Waals surface area contributed by atoms with E-state index >= 15 is 0 Å². The molecule has 0 aromatic carbocycles. The number of pyridine rings is 1. The molecule has 0 aliphatic heterocycles. The number of Topliss-reactive ketones (excluding diaryl/α,β-unsaturated/α-hetero) is 1. The van der Waals surface area contributed by atoms with E-state index < -0.39 is 0 Å². The third-order valence-electron chi connectivity index (χ3n) is 2.79. The number of carbonyl (C=O) groups excluding carboxylic acids is 1. The summed E-state index contributed by atoms with van der Waals surface area (Å²) in [6.07, 6.45) is 5.05. The van der Waals surface area contributed by atoms with E-state index in [1.165, 1.54) is 6.92 Å². The minimum absolute atomic E-state index is 0. The van der Waals surface area contributed by atoms with Gasteiger partial charge in [-0.05, 0) is 32.0 Å². The predicted octanol–water partition coefficient (Wildman–Crippen LogP) is 2.35. The summed E-state index contributed by atoms with van der Waals surface area (Å²) in [6, 6.07) is 5.48. The number of nitrogens with zero attached hydrogens (tertiary/aromatic N) is 3. The minimum atomic E-state index is 0. The van der Waals surface area contributed by atoms with Gasteiger partial charge in [-0.1, -0.05) is 0 Å². The normalized spacial score (nSPS) is 11.5. The Hall–Kier alpha value is -1.85. The van der Waals surface area contributed by atoms with Gasteiger partial charge in [0.05, 0.1) is 11.7 Å². The van der Waals surface area contributed by atoms with Crippen LogP contribution in [0.5, 0.6) is 0 Å². The number of nitrogens with one attached hydrogen (secondary N) is 1. The molecule has 0 saturated heterocycles. The molecule has 1 atom stereocenters. The zero-order chi connectivity index (χ0) is 13.7. The van der Waals surface area contributed by atoms with Gasteiger partial charge in [-0.15, -0.1) is 12.4 Å². The highest BCUT2D eigenvalue weighted by atomic mass is 35.5. The molecule has 5 nitrogen and oxygen atoms in total. The summed E-state index contributed by atoms with van der Waals surface area (Å²) >= 11 is 0. The second-order valence-corrected chi connectivity index (χ2v) is 4.30. The number of aromatic nitrogens is 3. The Morgan fingerprint density at radius 1 is 1.25 bits per heavy atom. The molecule has 0 fully saturated rings. The molecule has 20 heavy (non-hydrogen) atoms. The maximum absolute atomic E-state index is 11.1. The quantitative estimate of drug-likeness (QED) is 0.857. The molecule has 0 aliphatic carbocycles. The van der Waals surface area contributed by atoms with Crippen molar-refractivity contribution in [1.82, 2.24) is 20.3 Å². The summed E-state index contributed by atoms with van der Waals surface area (Å²) in [7, 11) is 0. The fourth-order valence-electron chi connectivity index (χ4n) is 1.62. The summed E-state index contributed by atoms with van der Waals surface area (Å²) < 4.78 is 0. The number of ketones is 1. The molecular weight excluding hydrogens is 276 g/mol. The van der Waals surface area contributed by atoms with E-state index in [1.54, 1.807) is 30.7 Å². The Kier molecular flexibility index (Phi) is 6.21.